The third-order valence-electron chi connectivity index (χ3n) is 2.49. The van der Waals surface area contributed by atoms with E-state index in [1.54, 1.807) is 0 Å². The summed E-state index contributed by atoms with van der Waals surface area (Å²) in [6, 6.07) is 1.37. The zero-order chi connectivity index (χ0) is 10.3. The van der Waals surface area contributed by atoms with Crippen LogP contribution in [0.3, 0.4) is 0 Å². The third-order valence-corrected chi connectivity index (χ3v) is 3.06. The molecular weight excluding hydrogens is 252 g/mol. The molecule has 0 saturated heterocycles. The molecule has 1 unspecified atom stereocenters. The van der Waals surface area contributed by atoms with Crippen LogP contribution in [0.25, 0.3) is 0 Å². The summed E-state index contributed by atoms with van der Waals surface area (Å²) >= 11 is 3.00. The highest BCUT2D eigenvalue weighted by Crippen LogP contribution is 2.33. The molecule has 0 bridgehead atoms. The van der Waals surface area contributed by atoms with Gasteiger partial charge in [0.1, 0.15) is 11.6 Å². The van der Waals surface area contributed by atoms with Gasteiger partial charge in [0.25, 0.3) is 0 Å². The van der Waals surface area contributed by atoms with Gasteiger partial charge in [0, 0.05) is 11.6 Å². The molecule has 1 N–H and O–H groups in total. The monoisotopic (exact) mass is 261 g/mol. The van der Waals surface area contributed by atoms with Crippen molar-refractivity contribution in [3.05, 3.63) is 27.7 Å². The summed E-state index contributed by atoms with van der Waals surface area (Å²) in [7, 11) is 0. The lowest BCUT2D eigenvalue weighted by Crippen LogP contribution is -2.24. The van der Waals surface area contributed by atoms with Crippen LogP contribution in [0.15, 0.2) is 10.5 Å². The molecular formula is C10H10BrF2N. The fourth-order valence-corrected chi connectivity index (χ4v) is 2.16. The first-order valence-corrected chi connectivity index (χ1v) is 5.32. The number of rotatable bonds is 0. The maximum Gasteiger partial charge on any atom is 0.147 e. The van der Waals surface area contributed by atoms with E-state index in [-0.39, 0.29) is 22.1 Å². The molecule has 0 radical (unpaired) electrons. The van der Waals surface area contributed by atoms with Crippen LogP contribution in [0.2, 0.25) is 0 Å². The normalized spacial score (nSPS) is 20.1. The van der Waals surface area contributed by atoms with Gasteiger partial charge in [-0.1, -0.05) is 0 Å². The van der Waals surface area contributed by atoms with Crippen molar-refractivity contribution in [3.63, 3.8) is 0 Å². The Kier molecular flexibility index (Phi) is 2.47. The van der Waals surface area contributed by atoms with E-state index in [9.17, 15) is 8.78 Å². The molecule has 0 saturated carbocycles. The molecule has 0 aromatic heterocycles. The molecule has 1 aliphatic heterocycles. The van der Waals surface area contributed by atoms with E-state index >= 15 is 0 Å². The summed E-state index contributed by atoms with van der Waals surface area (Å²) in [5.41, 5.74) is 0.777. The zero-order valence-corrected chi connectivity index (χ0v) is 9.29. The molecule has 1 heterocycles. The molecule has 0 amide bonds. The minimum absolute atomic E-state index is 0.199. The number of anilines is 1. The Morgan fingerprint density at radius 3 is 2.93 bits per heavy atom. The van der Waals surface area contributed by atoms with Crippen molar-refractivity contribution in [2.75, 3.05) is 5.32 Å². The summed E-state index contributed by atoms with van der Waals surface area (Å²) in [4.78, 5) is 0. The van der Waals surface area contributed by atoms with Gasteiger partial charge in [0.05, 0.1) is 10.2 Å². The first kappa shape index (κ1) is 9.90. The summed E-state index contributed by atoms with van der Waals surface area (Å²) in [6.07, 6.45) is 1.42. The van der Waals surface area contributed by atoms with Gasteiger partial charge in [-0.15, -0.1) is 0 Å². The minimum atomic E-state index is -0.389. The Morgan fingerprint density at radius 2 is 2.21 bits per heavy atom. The fourth-order valence-electron chi connectivity index (χ4n) is 1.72. The van der Waals surface area contributed by atoms with Crippen LogP contribution in [0.5, 0.6) is 0 Å². The highest BCUT2D eigenvalue weighted by Gasteiger charge is 2.22. The minimum Gasteiger partial charge on any atom is -0.380 e. The van der Waals surface area contributed by atoms with Crippen molar-refractivity contribution >= 4 is 21.6 Å². The van der Waals surface area contributed by atoms with Crippen molar-refractivity contribution < 1.29 is 8.78 Å². The third kappa shape index (κ3) is 1.52. The van der Waals surface area contributed by atoms with Gasteiger partial charge in [0.2, 0.25) is 0 Å². The largest absolute Gasteiger partial charge is 0.380 e. The molecule has 1 atom stereocenters. The van der Waals surface area contributed by atoms with Gasteiger partial charge < -0.3 is 5.32 Å². The van der Waals surface area contributed by atoms with Gasteiger partial charge in [0.15, 0.2) is 0 Å². The summed E-state index contributed by atoms with van der Waals surface area (Å²) in [6.45, 7) is 1.96. The predicted molar refractivity (Wildman–Crippen MR) is 55.5 cm³/mol. The lowest BCUT2D eigenvalue weighted by atomic mass is 9.98. The van der Waals surface area contributed by atoms with E-state index in [0.29, 0.717) is 17.7 Å². The van der Waals surface area contributed by atoms with E-state index in [2.05, 4.69) is 21.2 Å². The van der Waals surface area contributed by atoms with E-state index in [0.717, 1.165) is 6.42 Å². The average molecular weight is 262 g/mol. The van der Waals surface area contributed by atoms with Crippen LogP contribution in [0.1, 0.15) is 18.9 Å². The molecule has 0 spiro atoms. The quantitative estimate of drug-likeness (QED) is 0.706. The average Bonchev–Trinajstić information content (AvgIpc) is 2.14. The van der Waals surface area contributed by atoms with Gasteiger partial charge in [-0.2, -0.15) is 0 Å². The summed E-state index contributed by atoms with van der Waals surface area (Å²) in [5, 5.41) is 2.96. The zero-order valence-electron chi connectivity index (χ0n) is 7.70. The molecule has 1 aromatic rings. The Labute approximate surface area is 89.6 Å². The Morgan fingerprint density at radius 1 is 1.50 bits per heavy atom. The SMILES string of the molecule is CC1CCc2c(F)c(Br)cc(F)c2N1. The van der Waals surface area contributed by atoms with Crippen LogP contribution in [-0.4, -0.2) is 6.04 Å². The van der Waals surface area contributed by atoms with E-state index in [1.165, 1.54) is 6.07 Å². The van der Waals surface area contributed by atoms with Crippen LogP contribution in [0, 0.1) is 11.6 Å². The molecule has 1 aromatic carbocycles. The number of hydrogen-bond donors (Lipinski definition) is 1. The maximum absolute atomic E-state index is 13.5. The second kappa shape index (κ2) is 3.50. The molecule has 0 aliphatic carbocycles. The van der Waals surface area contributed by atoms with Gasteiger partial charge in [-0.05, 0) is 41.8 Å². The van der Waals surface area contributed by atoms with Crippen LogP contribution in [-0.2, 0) is 6.42 Å². The summed E-state index contributed by atoms with van der Waals surface area (Å²) < 4.78 is 27.2. The molecule has 1 aliphatic rings. The van der Waals surface area contributed by atoms with Crippen molar-refractivity contribution in [1.82, 2.24) is 0 Å². The highest BCUT2D eigenvalue weighted by molar-refractivity contribution is 9.10. The second-order valence-electron chi connectivity index (χ2n) is 3.59. The topological polar surface area (TPSA) is 12.0 Å². The molecule has 4 heteroatoms. The van der Waals surface area contributed by atoms with E-state index in [4.69, 9.17) is 0 Å². The molecule has 0 fully saturated rings. The smallest absolute Gasteiger partial charge is 0.147 e. The van der Waals surface area contributed by atoms with Crippen molar-refractivity contribution in [2.45, 2.75) is 25.8 Å². The van der Waals surface area contributed by atoms with Crippen LogP contribution in [0.4, 0.5) is 14.5 Å². The standard InChI is InChI=1S/C10H10BrF2N/c1-5-2-3-6-9(13)7(11)4-8(12)10(6)14-5/h4-5,14H,2-3H2,1H3. The van der Waals surface area contributed by atoms with E-state index in [1.807, 2.05) is 6.92 Å². The van der Waals surface area contributed by atoms with Gasteiger partial charge in [-0.3, -0.25) is 0 Å². The number of halogens is 3. The number of nitrogens with one attached hydrogen (secondary N) is 1. The molecule has 14 heavy (non-hydrogen) atoms. The van der Waals surface area contributed by atoms with Crippen LogP contribution >= 0.6 is 15.9 Å². The fraction of sp³-hybridized carbons (Fsp3) is 0.400. The second-order valence-corrected chi connectivity index (χ2v) is 4.45. The number of hydrogen-bond acceptors (Lipinski definition) is 1. The predicted octanol–water partition coefficient (Wildman–Crippen LogP) is 3.47. The highest BCUT2D eigenvalue weighted by atomic mass is 79.9. The first-order chi connectivity index (χ1) is 6.59. The Bertz CT molecular complexity index is 379. The van der Waals surface area contributed by atoms with Gasteiger partial charge >= 0.3 is 0 Å². The Balaban J connectivity index is 2.57. The Hall–Kier alpha value is -0.640. The van der Waals surface area contributed by atoms with Crippen LogP contribution < -0.4 is 5.32 Å². The lowest BCUT2D eigenvalue weighted by molar-refractivity contribution is 0.555. The van der Waals surface area contributed by atoms with Crippen molar-refractivity contribution in [3.8, 4) is 0 Å². The molecule has 1 nitrogen and oxygen atoms in total. The number of fused-ring (bicyclic) bond motifs is 1. The van der Waals surface area contributed by atoms with E-state index < -0.39 is 0 Å². The number of benzene rings is 1. The first-order valence-electron chi connectivity index (χ1n) is 4.52. The van der Waals surface area contributed by atoms with Crippen molar-refractivity contribution in [1.29, 1.82) is 0 Å². The van der Waals surface area contributed by atoms with Crippen molar-refractivity contribution in [2.24, 2.45) is 0 Å². The molecule has 2 rings (SSSR count). The maximum atomic E-state index is 13.5. The molecule has 76 valence electrons. The summed E-state index contributed by atoms with van der Waals surface area (Å²) in [5.74, 6) is -0.736. The van der Waals surface area contributed by atoms with Gasteiger partial charge in [-0.25, -0.2) is 8.78 Å². The lowest BCUT2D eigenvalue weighted by Gasteiger charge is -2.25.